The van der Waals surface area contributed by atoms with Crippen LogP contribution in [0.2, 0.25) is 0 Å². The lowest BCUT2D eigenvalue weighted by Crippen LogP contribution is -2.34. The number of rotatable bonds is 1. The zero-order chi connectivity index (χ0) is 13.5. The first kappa shape index (κ1) is 10.8. The lowest BCUT2D eigenvalue weighted by atomic mass is 9.85. The van der Waals surface area contributed by atoms with E-state index in [0.29, 0.717) is 17.5 Å². The zero-order valence-corrected chi connectivity index (χ0v) is 10.9. The molecule has 4 atom stereocenters. The smallest absolute Gasteiger partial charge is 0.238 e. The van der Waals surface area contributed by atoms with Gasteiger partial charge in [0.1, 0.15) is 0 Å². The minimum absolute atomic E-state index is 0.00525. The predicted molar refractivity (Wildman–Crippen MR) is 71.5 cm³/mol. The summed E-state index contributed by atoms with van der Waals surface area (Å²) in [4.78, 5) is 30.8. The van der Waals surface area contributed by atoms with Crippen molar-refractivity contribution in [3.05, 3.63) is 36.7 Å². The maximum atomic E-state index is 12.8. The highest BCUT2D eigenvalue weighted by Crippen LogP contribution is 2.73. The highest BCUT2D eigenvalue weighted by atomic mass is 16.2. The Morgan fingerprint density at radius 3 is 2.05 bits per heavy atom. The number of carbonyl (C=O) groups is 2. The fourth-order valence-corrected chi connectivity index (χ4v) is 4.83. The van der Waals surface area contributed by atoms with Crippen molar-refractivity contribution in [2.45, 2.75) is 12.8 Å². The number of pyridine rings is 1. The third-order valence-electron chi connectivity index (χ3n) is 5.77. The number of anilines is 1. The molecule has 4 aliphatic rings. The van der Waals surface area contributed by atoms with Crippen LogP contribution in [-0.2, 0) is 9.59 Å². The summed E-state index contributed by atoms with van der Waals surface area (Å²) in [6.45, 7) is 0. The van der Waals surface area contributed by atoms with E-state index >= 15 is 0 Å². The van der Waals surface area contributed by atoms with Gasteiger partial charge in [-0.25, -0.2) is 4.90 Å². The van der Waals surface area contributed by atoms with Gasteiger partial charge in [0, 0.05) is 12.4 Å². The summed E-state index contributed by atoms with van der Waals surface area (Å²) < 4.78 is 0. The number of hydrogen-bond acceptors (Lipinski definition) is 3. The third kappa shape index (κ3) is 1.00. The zero-order valence-electron chi connectivity index (χ0n) is 10.9. The van der Waals surface area contributed by atoms with Crippen LogP contribution in [-0.4, -0.2) is 16.8 Å². The predicted octanol–water partition coefficient (Wildman–Crippen LogP) is 1.78. The average Bonchev–Trinajstić information content (AvgIpc) is 3.06. The van der Waals surface area contributed by atoms with Crippen LogP contribution >= 0.6 is 0 Å². The second-order valence-corrected chi connectivity index (χ2v) is 6.44. The molecule has 0 N–H and O–H groups in total. The van der Waals surface area contributed by atoms with E-state index in [1.807, 2.05) is 0 Å². The number of amides is 2. The Morgan fingerprint density at radius 1 is 1.00 bits per heavy atom. The quantitative estimate of drug-likeness (QED) is 0.575. The molecular weight excluding hydrogens is 252 g/mol. The topological polar surface area (TPSA) is 50.3 Å². The molecular formula is C16H14N2O2. The second-order valence-electron chi connectivity index (χ2n) is 6.44. The molecule has 100 valence electrons. The standard InChI is InChI=1S/C16H14N2O2/c19-14-12-10-1-2-11(16(10)5-6-16)13(12)15(20)18(14)9-3-7-17-8-4-9/h1-4,7-8,10-13H,5-6H2/t10-,11+,12-,13-/m0/s1. The summed E-state index contributed by atoms with van der Waals surface area (Å²) in [5.74, 6) is 0.339. The molecule has 0 unspecified atom stereocenters. The molecule has 4 nitrogen and oxygen atoms in total. The second kappa shape index (κ2) is 3.19. The van der Waals surface area contributed by atoms with Gasteiger partial charge in [-0.3, -0.25) is 14.6 Å². The molecule has 3 aliphatic carbocycles. The van der Waals surface area contributed by atoms with Crippen molar-refractivity contribution in [3.8, 4) is 0 Å². The number of nitrogens with zero attached hydrogens (tertiary/aromatic N) is 2. The van der Waals surface area contributed by atoms with E-state index in [9.17, 15) is 9.59 Å². The van der Waals surface area contributed by atoms with Gasteiger partial charge < -0.3 is 0 Å². The van der Waals surface area contributed by atoms with Crippen molar-refractivity contribution in [1.29, 1.82) is 0 Å². The lowest BCUT2D eigenvalue weighted by molar-refractivity contribution is -0.123. The molecule has 2 saturated carbocycles. The Hall–Kier alpha value is -1.97. The van der Waals surface area contributed by atoms with Crippen LogP contribution in [0.1, 0.15) is 12.8 Å². The Kier molecular flexibility index (Phi) is 1.72. The van der Waals surface area contributed by atoms with E-state index in [0.717, 1.165) is 0 Å². The lowest BCUT2D eigenvalue weighted by Gasteiger charge is -2.21. The number of allylic oxidation sites excluding steroid dienone is 2. The summed E-state index contributed by atoms with van der Waals surface area (Å²) in [5, 5.41) is 0. The van der Waals surface area contributed by atoms with Crippen LogP contribution in [0.15, 0.2) is 36.7 Å². The number of fused-ring (bicyclic) bond motifs is 3. The molecule has 3 fully saturated rings. The minimum Gasteiger partial charge on any atom is -0.274 e. The summed E-state index contributed by atoms with van der Waals surface area (Å²) >= 11 is 0. The number of carbonyl (C=O) groups excluding carboxylic acids is 2. The molecule has 2 bridgehead atoms. The van der Waals surface area contributed by atoms with E-state index in [4.69, 9.17) is 0 Å². The van der Waals surface area contributed by atoms with Crippen molar-refractivity contribution in [2.75, 3.05) is 4.90 Å². The van der Waals surface area contributed by atoms with Gasteiger partial charge in [-0.1, -0.05) is 12.2 Å². The minimum atomic E-state index is -0.117. The fraction of sp³-hybridized carbons (Fsp3) is 0.438. The van der Waals surface area contributed by atoms with E-state index in [1.54, 1.807) is 24.5 Å². The molecule has 1 aliphatic heterocycles. The van der Waals surface area contributed by atoms with Gasteiger partial charge in [0.15, 0.2) is 0 Å². The maximum absolute atomic E-state index is 12.8. The van der Waals surface area contributed by atoms with Gasteiger partial charge in [-0.15, -0.1) is 0 Å². The maximum Gasteiger partial charge on any atom is 0.238 e. The van der Waals surface area contributed by atoms with Crippen molar-refractivity contribution in [2.24, 2.45) is 29.1 Å². The largest absolute Gasteiger partial charge is 0.274 e. The summed E-state index contributed by atoms with van der Waals surface area (Å²) in [6, 6.07) is 3.47. The molecule has 1 aromatic heterocycles. The van der Waals surface area contributed by atoms with E-state index in [-0.39, 0.29) is 29.1 Å². The number of hydrogen-bond donors (Lipinski definition) is 0. The summed E-state index contributed by atoms with van der Waals surface area (Å²) in [7, 11) is 0. The Bertz CT molecular complexity index is 628. The first-order chi connectivity index (χ1) is 9.74. The molecule has 1 aromatic rings. The summed E-state index contributed by atoms with van der Waals surface area (Å²) in [5.41, 5.74) is 0.930. The van der Waals surface area contributed by atoms with E-state index in [1.165, 1.54) is 17.7 Å². The third-order valence-corrected chi connectivity index (χ3v) is 5.77. The highest BCUT2D eigenvalue weighted by molar-refractivity contribution is 6.23. The van der Waals surface area contributed by atoms with Gasteiger partial charge in [0.2, 0.25) is 11.8 Å². The highest BCUT2D eigenvalue weighted by Gasteiger charge is 2.73. The molecule has 0 aromatic carbocycles. The first-order valence-electron chi connectivity index (χ1n) is 7.20. The molecule has 5 rings (SSSR count). The number of imide groups is 1. The van der Waals surface area contributed by atoms with Crippen molar-refractivity contribution in [1.82, 2.24) is 4.98 Å². The number of aromatic nitrogens is 1. The molecule has 2 heterocycles. The van der Waals surface area contributed by atoms with Gasteiger partial charge in [-0.2, -0.15) is 0 Å². The Balaban J connectivity index is 1.60. The first-order valence-corrected chi connectivity index (χ1v) is 7.20. The molecule has 1 spiro atoms. The van der Waals surface area contributed by atoms with Crippen LogP contribution in [0, 0.1) is 29.1 Å². The van der Waals surface area contributed by atoms with E-state index in [2.05, 4.69) is 17.1 Å². The normalized spacial score (nSPS) is 38.9. The van der Waals surface area contributed by atoms with Crippen LogP contribution < -0.4 is 4.90 Å². The van der Waals surface area contributed by atoms with E-state index < -0.39 is 0 Å². The molecule has 0 radical (unpaired) electrons. The van der Waals surface area contributed by atoms with Crippen LogP contribution in [0.25, 0.3) is 0 Å². The Labute approximate surface area is 116 Å². The average molecular weight is 266 g/mol. The monoisotopic (exact) mass is 266 g/mol. The summed E-state index contributed by atoms with van der Waals surface area (Å²) in [6.07, 6.45) is 9.99. The molecule has 2 amide bonds. The van der Waals surface area contributed by atoms with Crippen molar-refractivity contribution >= 4 is 17.5 Å². The van der Waals surface area contributed by atoms with Crippen LogP contribution in [0.3, 0.4) is 0 Å². The van der Waals surface area contributed by atoms with Gasteiger partial charge in [0.05, 0.1) is 17.5 Å². The van der Waals surface area contributed by atoms with Crippen molar-refractivity contribution in [3.63, 3.8) is 0 Å². The molecule has 20 heavy (non-hydrogen) atoms. The fourth-order valence-electron chi connectivity index (χ4n) is 4.83. The van der Waals surface area contributed by atoms with Gasteiger partial charge in [0.25, 0.3) is 0 Å². The van der Waals surface area contributed by atoms with Gasteiger partial charge in [-0.05, 0) is 42.2 Å². The van der Waals surface area contributed by atoms with Gasteiger partial charge >= 0.3 is 0 Å². The molecule has 4 heteroatoms. The SMILES string of the molecule is O=C1[C@@H]2[C@@H](C(=O)N1c1ccncc1)[C@@H]1C=C[C@H]2C12CC2. The Morgan fingerprint density at radius 2 is 1.55 bits per heavy atom. The molecule has 1 saturated heterocycles. The van der Waals surface area contributed by atoms with Crippen molar-refractivity contribution < 1.29 is 9.59 Å². The van der Waals surface area contributed by atoms with Crippen LogP contribution in [0.5, 0.6) is 0 Å². The van der Waals surface area contributed by atoms with Crippen LogP contribution in [0.4, 0.5) is 5.69 Å².